The quantitative estimate of drug-likeness (QED) is 0.584. The molecule has 1 aromatic heterocycles. The molecular weight excluding hydrogens is 424 g/mol. The number of nitrogens with one attached hydrogen (secondary N) is 1. The molecule has 0 unspecified atom stereocenters. The largest absolute Gasteiger partial charge is 0.496 e. The monoisotopic (exact) mass is 446 g/mol. The molecule has 10 heteroatoms. The van der Waals surface area contributed by atoms with Gasteiger partial charge in [0.25, 0.3) is 5.91 Å². The molecule has 0 aliphatic rings. The van der Waals surface area contributed by atoms with E-state index in [9.17, 15) is 13.2 Å². The lowest BCUT2D eigenvalue weighted by Crippen LogP contribution is -2.11. The van der Waals surface area contributed by atoms with Crippen molar-refractivity contribution in [3.05, 3.63) is 40.9 Å². The zero-order valence-electron chi connectivity index (χ0n) is 17.5. The number of amides is 1. The fourth-order valence-corrected chi connectivity index (χ4v) is 3.70. The number of aromatic nitrogens is 1. The Balaban J connectivity index is 2.34. The third kappa shape index (κ3) is 6.13. The molecule has 164 valence electrons. The average Bonchev–Trinajstić information content (AvgIpc) is 2.76. The molecule has 1 aromatic carbocycles. The first-order valence-electron chi connectivity index (χ1n) is 8.78. The molecule has 1 heterocycles. The van der Waals surface area contributed by atoms with Crippen molar-refractivity contribution >= 4 is 27.5 Å². The molecule has 0 atom stereocenters. The minimum Gasteiger partial charge on any atom is -0.496 e. The minimum absolute atomic E-state index is 0.105. The molecule has 0 saturated carbocycles. The molecule has 0 saturated heterocycles. The van der Waals surface area contributed by atoms with Gasteiger partial charge in [0.1, 0.15) is 22.9 Å². The van der Waals surface area contributed by atoms with Crippen molar-refractivity contribution in [3.63, 3.8) is 0 Å². The van der Waals surface area contributed by atoms with Crippen molar-refractivity contribution in [3.8, 4) is 35.5 Å². The van der Waals surface area contributed by atoms with Crippen molar-refractivity contribution in [2.75, 3.05) is 33.8 Å². The first kappa shape index (κ1) is 23.6. The molecule has 2 aromatic rings. The standard InChI is InChI=1S/C21H22N2O7S/c1-6-20(24)23-17-9-14(12-22-21(17)30-5)13-31(25,26)8-7-16-18(28-3)10-15(27-2)11-19(16)29-4/h1,7-12H,13H2,2-5H3,(H,23,24). The molecular formula is C21H22N2O7S. The maximum atomic E-state index is 12.7. The number of hydrogen-bond acceptors (Lipinski definition) is 8. The molecule has 9 nitrogen and oxygen atoms in total. The van der Waals surface area contributed by atoms with Crippen LogP contribution in [0.4, 0.5) is 5.69 Å². The summed E-state index contributed by atoms with van der Waals surface area (Å²) in [5, 5.41) is 3.46. The summed E-state index contributed by atoms with van der Waals surface area (Å²) in [6.45, 7) is 0. The molecule has 0 aliphatic carbocycles. The first-order valence-corrected chi connectivity index (χ1v) is 10.5. The molecule has 0 radical (unpaired) electrons. The summed E-state index contributed by atoms with van der Waals surface area (Å²) >= 11 is 0. The van der Waals surface area contributed by atoms with Crippen LogP contribution in [0.15, 0.2) is 29.8 Å². The van der Waals surface area contributed by atoms with Crippen LogP contribution in [-0.2, 0) is 20.4 Å². The van der Waals surface area contributed by atoms with E-state index in [-0.39, 0.29) is 17.3 Å². The molecule has 0 fully saturated rings. The predicted molar refractivity (Wildman–Crippen MR) is 116 cm³/mol. The Labute approximate surface area is 180 Å². The Morgan fingerprint density at radius 3 is 2.26 bits per heavy atom. The highest BCUT2D eigenvalue weighted by atomic mass is 32.2. The lowest BCUT2D eigenvalue weighted by molar-refractivity contribution is -0.111. The van der Waals surface area contributed by atoms with E-state index >= 15 is 0 Å². The molecule has 31 heavy (non-hydrogen) atoms. The topological polar surface area (TPSA) is 113 Å². The van der Waals surface area contributed by atoms with Crippen molar-refractivity contribution in [1.82, 2.24) is 4.98 Å². The van der Waals surface area contributed by atoms with E-state index in [4.69, 9.17) is 25.4 Å². The summed E-state index contributed by atoms with van der Waals surface area (Å²) in [6, 6.07) is 4.66. The number of terminal acetylenes is 1. The molecule has 2 rings (SSSR count). The van der Waals surface area contributed by atoms with E-state index in [1.807, 2.05) is 5.92 Å². The van der Waals surface area contributed by atoms with Gasteiger partial charge in [-0.1, -0.05) is 0 Å². The summed E-state index contributed by atoms with van der Waals surface area (Å²) in [6.07, 6.45) is 7.77. The smallest absolute Gasteiger partial charge is 0.300 e. The van der Waals surface area contributed by atoms with Crippen LogP contribution in [0, 0.1) is 12.3 Å². The van der Waals surface area contributed by atoms with E-state index in [0.717, 1.165) is 5.41 Å². The number of pyridine rings is 1. The van der Waals surface area contributed by atoms with E-state index < -0.39 is 15.7 Å². The normalized spacial score (nSPS) is 10.9. The Morgan fingerprint density at radius 2 is 1.74 bits per heavy atom. The number of rotatable bonds is 9. The minimum atomic E-state index is -3.73. The van der Waals surface area contributed by atoms with Gasteiger partial charge in [-0.2, -0.15) is 0 Å². The highest BCUT2D eigenvalue weighted by molar-refractivity contribution is 7.93. The van der Waals surface area contributed by atoms with Crippen LogP contribution in [-0.4, -0.2) is 47.7 Å². The Bertz CT molecular complexity index is 1110. The number of sulfone groups is 1. The van der Waals surface area contributed by atoms with Crippen LogP contribution in [0.3, 0.4) is 0 Å². The van der Waals surface area contributed by atoms with E-state index in [0.29, 0.717) is 28.4 Å². The fraction of sp³-hybridized carbons (Fsp3) is 0.238. The van der Waals surface area contributed by atoms with Gasteiger partial charge in [0.15, 0.2) is 9.84 Å². The average molecular weight is 446 g/mol. The second-order valence-corrected chi connectivity index (χ2v) is 7.94. The number of nitrogens with zero attached hydrogens (tertiary/aromatic N) is 1. The van der Waals surface area contributed by atoms with Crippen LogP contribution in [0.25, 0.3) is 6.08 Å². The SMILES string of the molecule is C#CC(=O)Nc1cc(CS(=O)(=O)C=Cc2c(OC)cc(OC)cc2OC)cnc1OC. The number of anilines is 1. The van der Waals surface area contributed by atoms with Gasteiger partial charge in [0, 0.05) is 23.7 Å². The van der Waals surface area contributed by atoms with Gasteiger partial charge in [-0.05, 0) is 23.6 Å². The van der Waals surface area contributed by atoms with Crippen LogP contribution >= 0.6 is 0 Å². The molecule has 0 bridgehead atoms. The van der Waals surface area contributed by atoms with Gasteiger partial charge in [-0.15, -0.1) is 6.42 Å². The lowest BCUT2D eigenvalue weighted by atomic mass is 10.1. The Kier molecular flexibility index (Phi) is 7.88. The van der Waals surface area contributed by atoms with Crippen LogP contribution in [0.5, 0.6) is 23.1 Å². The molecule has 1 amide bonds. The van der Waals surface area contributed by atoms with Crippen LogP contribution in [0.1, 0.15) is 11.1 Å². The summed E-state index contributed by atoms with van der Waals surface area (Å²) < 4.78 is 46.2. The van der Waals surface area contributed by atoms with Gasteiger partial charge in [-0.3, -0.25) is 4.79 Å². The second kappa shape index (κ2) is 10.4. The third-order valence-electron chi connectivity index (χ3n) is 4.04. The summed E-state index contributed by atoms with van der Waals surface area (Å²) in [7, 11) is 2.04. The van der Waals surface area contributed by atoms with Crippen LogP contribution in [0.2, 0.25) is 0 Å². The second-order valence-electron chi connectivity index (χ2n) is 6.05. The van der Waals surface area contributed by atoms with Crippen molar-refractivity contribution < 1.29 is 32.2 Å². The summed E-state index contributed by atoms with van der Waals surface area (Å²) in [5.41, 5.74) is 0.927. The lowest BCUT2D eigenvalue weighted by Gasteiger charge is -2.12. The van der Waals surface area contributed by atoms with Crippen LogP contribution < -0.4 is 24.3 Å². The predicted octanol–water partition coefficient (Wildman–Crippen LogP) is 2.27. The van der Waals surface area contributed by atoms with E-state index in [2.05, 4.69) is 10.3 Å². The van der Waals surface area contributed by atoms with Gasteiger partial charge < -0.3 is 24.3 Å². The zero-order chi connectivity index (χ0) is 23.0. The maximum Gasteiger partial charge on any atom is 0.300 e. The summed E-state index contributed by atoms with van der Waals surface area (Å²) in [4.78, 5) is 15.5. The number of carbonyl (C=O) groups excluding carboxylic acids is 1. The number of carbonyl (C=O) groups is 1. The number of methoxy groups -OCH3 is 4. The molecule has 0 aliphatic heterocycles. The maximum absolute atomic E-state index is 12.7. The van der Waals surface area contributed by atoms with Crippen molar-refractivity contribution in [1.29, 1.82) is 0 Å². The highest BCUT2D eigenvalue weighted by Crippen LogP contribution is 2.35. The molecule has 0 spiro atoms. The Hall–Kier alpha value is -3.71. The molecule has 1 N–H and O–H groups in total. The Morgan fingerprint density at radius 1 is 1.10 bits per heavy atom. The van der Waals surface area contributed by atoms with E-state index in [1.165, 1.54) is 46.8 Å². The van der Waals surface area contributed by atoms with E-state index in [1.54, 1.807) is 12.1 Å². The number of benzene rings is 1. The van der Waals surface area contributed by atoms with Gasteiger partial charge in [0.2, 0.25) is 5.88 Å². The van der Waals surface area contributed by atoms with Gasteiger partial charge in [-0.25, -0.2) is 13.4 Å². The van der Waals surface area contributed by atoms with Gasteiger partial charge >= 0.3 is 0 Å². The third-order valence-corrected chi connectivity index (χ3v) is 5.33. The highest BCUT2D eigenvalue weighted by Gasteiger charge is 2.15. The van der Waals surface area contributed by atoms with Crippen molar-refractivity contribution in [2.45, 2.75) is 5.75 Å². The zero-order valence-corrected chi connectivity index (χ0v) is 18.3. The first-order chi connectivity index (χ1) is 14.8. The number of hydrogen-bond donors (Lipinski definition) is 1. The fourth-order valence-electron chi connectivity index (χ4n) is 2.63. The summed E-state index contributed by atoms with van der Waals surface area (Å²) in [5.74, 6) is 2.19. The number of ether oxygens (including phenoxy) is 4. The van der Waals surface area contributed by atoms with Gasteiger partial charge in [0.05, 0.1) is 39.8 Å². The van der Waals surface area contributed by atoms with Crippen molar-refractivity contribution in [2.24, 2.45) is 0 Å².